The van der Waals surface area contributed by atoms with Crippen LogP contribution < -0.4 is 10.6 Å². The highest BCUT2D eigenvalue weighted by Gasteiger charge is 2.21. The van der Waals surface area contributed by atoms with Gasteiger partial charge in [0.15, 0.2) is 0 Å². The van der Waals surface area contributed by atoms with Gasteiger partial charge in [-0.15, -0.1) is 0 Å². The van der Waals surface area contributed by atoms with E-state index in [1.807, 2.05) is 11.8 Å². The van der Waals surface area contributed by atoms with Crippen LogP contribution in [0.15, 0.2) is 0 Å². The van der Waals surface area contributed by atoms with Crippen molar-refractivity contribution < 1.29 is 4.79 Å². The fraction of sp³-hybridized carbons (Fsp3) is 0.900. The van der Waals surface area contributed by atoms with Crippen molar-refractivity contribution >= 4 is 17.8 Å². The Hall–Kier alpha value is -0.380. The summed E-state index contributed by atoms with van der Waals surface area (Å²) in [6.45, 7) is 0. The van der Waals surface area contributed by atoms with Crippen molar-refractivity contribution in [3.8, 4) is 0 Å². The van der Waals surface area contributed by atoms with Crippen molar-refractivity contribution in [2.24, 2.45) is 0 Å². The molecule has 0 aromatic heterocycles. The number of carbonyl (C=O) groups excluding carboxylic acids is 1. The van der Waals surface area contributed by atoms with Gasteiger partial charge in [-0.1, -0.05) is 0 Å². The number of amides is 2. The summed E-state index contributed by atoms with van der Waals surface area (Å²) in [5, 5.41) is 6.05. The molecule has 2 rings (SSSR count). The number of thioether (sulfide) groups is 1. The van der Waals surface area contributed by atoms with Gasteiger partial charge in [0.1, 0.15) is 0 Å². The summed E-state index contributed by atoms with van der Waals surface area (Å²) in [4.78, 5) is 11.5. The van der Waals surface area contributed by atoms with E-state index in [0.717, 1.165) is 25.0 Å². The molecule has 2 amide bonds. The number of carbonyl (C=O) groups is 1. The molecule has 0 spiro atoms. The zero-order valence-corrected chi connectivity index (χ0v) is 9.24. The Labute approximate surface area is 89.4 Å². The van der Waals surface area contributed by atoms with E-state index in [4.69, 9.17) is 0 Å². The minimum absolute atomic E-state index is 0.0437. The first-order chi connectivity index (χ1) is 6.84. The lowest BCUT2D eigenvalue weighted by atomic mass is 9.93. The highest BCUT2D eigenvalue weighted by atomic mass is 32.2. The third-order valence-corrected chi connectivity index (χ3v) is 4.15. The van der Waals surface area contributed by atoms with Gasteiger partial charge in [-0.2, -0.15) is 11.8 Å². The highest BCUT2D eigenvalue weighted by Crippen LogP contribution is 2.19. The van der Waals surface area contributed by atoms with Crippen LogP contribution in [-0.2, 0) is 0 Å². The van der Waals surface area contributed by atoms with Crippen LogP contribution in [0.2, 0.25) is 0 Å². The van der Waals surface area contributed by atoms with Crippen LogP contribution in [-0.4, -0.2) is 29.6 Å². The minimum Gasteiger partial charge on any atom is -0.335 e. The van der Waals surface area contributed by atoms with Gasteiger partial charge >= 0.3 is 6.03 Å². The number of rotatable bonds is 2. The first-order valence-corrected chi connectivity index (χ1v) is 6.65. The number of nitrogens with one attached hydrogen (secondary N) is 2. The molecule has 0 aromatic rings. The lowest BCUT2D eigenvalue weighted by Gasteiger charge is -2.28. The zero-order chi connectivity index (χ0) is 9.80. The topological polar surface area (TPSA) is 41.1 Å². The van der Waals surface area contributed by atoms with E-state index < -0.39 is 0 Å². The van der Waals surface area contributed by atoms with Gasteiger partial charge in [0, 0.05) is 17.8 Å². The van der Waals surface area contributed by atoms with Crippen LogP contribution in [0.5, 0.6) is 0 Å². The number of urea groups is 1. The lowest BCUT2D eigenvalue weighted by molar-refractivity contribution is 0.225. The van der Waals surface area contributed by atoms with Crippen molar-refractivity contribution in [3.63, 3.8) is 0 Å². The molecule has 1 heterocycles. The molecular weight excluding hydrogens is 196 g/mol. The fourth-order valence-corrected chi connectivity index (χ4v) is 2.89. The molecule has 14 heavy (non-hydrogen) atoms. The van der Waals surface area contributed by atoms with Gasteiger partial charge in [-0.25, -0.2) is 4.79 Å². The van der Waals surface area contributed by atoms with Crippen LogP contribution in [0, 0.1) is 0 Å². The average molecular weight is 214 g/mol. The van der Waals surface area contributed by atoms with Crippen LogP contribution in [0.1, 0.15) is 32.1 Å². The Morgan fingerprint density at radius 2 is 1.79 bits per heavy atom. The molecule has 2 aliphatic rings. The SMILES string of the molecule is O=C(NC1CCC1)NC1CCCSC1. The zero-order valence-electron chi connectivity index (χ0n) is 8.42. The number of hydrogen-bond donors (Lipinski definition) is 2. The van der Waals surface area contributed by atoms with Crippen LogP contribution in [0.3, 0.4) is 0 Å². The highest BCUT2D eigenvalue weighted by molar-refractivity contribution is 7.99. The first kappa shape index (κ1) is 10.1. The molecule has 3 nitrogen and oxygen atoms in total. The maximum atomic E-state index is 11.5. The molecule has 2 N–H and O–H groups in total. The molecule has 1 aliphatic carbocycles. The summed E-state index contributed by atoms with van der Waals surface area (Å²) in [5.74, 6) is 2.33. The van der Waals surface area contributed by atoms with Crippen LogP contribution in [0.4, 0.5) is 4.79 Å². The first-order valence-electron chi connectivity index (χ1n) is 5.49. The van der Waals surface area contributed by atoms with E-state index in [0.29, 0.717) is 12.1 Å². The fourth-order valence-electron chi connectivity index (χ4n) is 1.82. The predicted octanol–water partition coefficient (Wildman–Crippen LogP) is 1.73. The molecule has 0 aromatic carbocycles. The molecule has 80 valence electrons. The van der Waals surface area contributed by atoms with Crippen molar-refractivity contribution in [2.75, 3.05) is 11.5 Å². The van der Waals surface area contributed by atoms with Gasteiger partial charge in [-0.3, -0.25) is 0 Å². The van der Waals surface area contributed by atoms with Gasteiger partial charge in [0.05, 0.1) is 0 Å². The third kappa shape index (κ3) is 2.80. The van der Waals surface area contributed by atoms with Crippen molar-refractivity contribution in [3.05, 3.63) is 0 Å². The molecule has 1 aliphatic heterocycles. The quantitative estimate of drug-likeness (QED) is 0.735. The summed E-state index contributed by atoms with van der Waals surface area (Å²) in [6.07, 6.45) is 5.97. The molecule has 1 saturated heterocycles. The average Bonchev–Trinajstić information content (AvgIpc) is 2.13. The van der Waals surface area contributed by atoms with E-state index in [2.05, 4.69) is 10.6 Å². The summed E-state index contributed by atoms with van der Waals surface area (Å²) in [6, 6.07) is 0.891. The predicted molar refractivity (Wildman–Crippen MR) is 59.7 cm³/mol. The van der Waals surface area contributed by atoms with Crippen molar-refractivity contribution in [2.45, 2.75) is 44.2 Å². The molecular formula is C10H18N2OS. The Kier molecular flexibility index (Phi) is 3.56. The van der Waals surface area contributed by atoms with Crippen molar-refractivity contribution in [1.82, 2.24) is 10.6 Å². The van der Waals surface area contributed by atoms with E-state index in [-0.39, 0.29) is 6.03 Å². The second-order valence-corrected chi connectivity index (χ2v) is 5.31. The van der Waals surface area contributed by atoms with E-state index in [9.17, 15) is 4.79 Å². The van der Waals surface area contributed by atoms with E-state index >= 15 is 0 Å². The van der Waals surface area contributed by atoms with Gasteiger partial charge < -0.3 is 10.6 Å². The molecule has 2 fully saturated rings. The summed E-state index contributed by atoms with van der Waals surface area (Å²) >= 11 is 1.94. The molecule has 0 radical (unpaired) electrons. The summed E-state index contributed by atoms with van der Waals surface area (Å²) in [7, 11) is 0. The molecule has 0 bridgehead atoms. The smallest absolute Gasteiger partial charge is 0.315 e. The Morgan fingerprint density at radius 1 is 1.07 bits per heavy atom. The second kappa shape index (κ2) is 4.91. The molecule has 4 heteroatoms. The number of hydrogen-bond acceptors (Lipinski definition) is 2. The maximum Gasteiger partial charge on any atom is 0.315 e. The molecule has 1 unspecified atom stereocenters. The van der Waals surface area contributed by atoms with Crippen LogP contribution in [0.25, 0.3) is 0 Å². The molecule has 1 atom stereocenters. The monoisotopic (exact) mass is 214 g/mol. The van der Waals surface area contributed by atoms with Gasteiger partial charge in [0.25, 0.3) is 0 Å². The van der Waals surface area contributed by atoms with Crippen molar-refractivity contribution in [1.29, 1.82) is 0 Å². The standard InChI is InChI=1S/C10H18N2OS/c13-10(11-8-3-1-4-8)12-9-5-2-6-14-7-9/h8-9H,1-7H2,(H2,11,12,13). The normalized spacial score (nSPS) is 27.9. The lowest BCUT2D eigenvalue weighted by Crippen LogP contribution is -2.49. The summed E-state index contributed by atoms with van der Waals surface area (Å²) < 4.78 is 0. The van der Waals surface area contributed by atoms with Crippen LogP contribution >= 0.6 is 11.8 Å². The Balaban J connectivity index is 1.64. The Morgan fingerprint density at radius 3 is 2.36 bits per heavy atom. The third-order valence-electron chi connectivity index (χ3n) is 2.94. The maximum absolute atomic E-state index is 11.5. The largest absolute Gasteiger partial charge is 0.335 e. The summed E-state index contributed by atoms with van der Waals surface area (Å²) in [5.41, 5.74) is 0. The second-order valence-electron chi connectivity index (χ2n) is 4.16. The van der Waals surface area contributed by atoms with E-state index in [1.165, 1.54) is 18.6 Å². The van der Waals surface area contributed by atoms with Gasteiger partial charge in [0.2, 0.25) is 0 Å². The Bertz CT molecular complexity index is 200. The van der Waals surface area contributed by atoms with Gasteiger partial charge in [-0.05, 0) is 37.9 Å². The molecule has 1 saturated carbocycles. The van der Waals surface area contributed by atoms with E-state index in [1.54, 1.807) is 0 Å². The minimum atomic E-state index is 0.0437.